The molecule has 0 spiro atoms. The van der Waals surface area contributed by atoms with Gasteiger partial charge in [-0.15, -0.1) is 0 Å². The molecule has 1 aromatic rings. The zero-order valence-corrected chi connectivity index (χ0v) is 12.9. The number of hydrogen-bond donors (Lipinski definition) is 1. The molecular weight excluding hydrogens is 308 g/mol. The molecular formula is C14H19BrN2O2. The molecule has 1 amide bonds. The molecule has 0 aliphatic carbocycles. The van der Waals surface area contributed by atoms with Crippen LogP contribution in [0.5, 0.6) is 5.75 Å². The molecule has 2 rings (SSSR count). The number of halogens is 1. The molecule has 1 aliphatic rings. The van der Waals surface area contributed by atoms with E-state index in [1.165, 1.54) is 0 Å². The monoisotopic (exact) mass is 326 g/mol. The fourth-order valence-electron chi connectivity index (χ4n) is 2.08. The van der Waals surface area contributed by atoms with Crippen molar-refractivity contribution in [3.63, 3.8) is 0 Å². The molecule has 0 bridgehead atoms. The molecule has 1 heterocycles. The Bertz CT molecular complexity index is 457. The zero-order valence-electron chi connectivity index (χ0n) is 11.3. The summed E-state index contributed by atoms with van der Waals surface area (Å²) in [7, 11) is 0. The number of nitrogens with zero attached hydrogens (tertiary/aromatic N) is 1. The lowest BCUT2D eigenvalue weighted by atomic mass is 10.1. The van der Waals surface area contributed by atoms with Gasteiger partial charge in [0.1, 0.15) is 5.75 Å². The van der Waals surface area contributed by atoms with E-state index in [0.29, 0.717) is 5.56 Å². The molecule has 1 N–H and O–H groups in total. The molecule has 5 heteroatoms. The highest BCUT2D eigenvalue weighted by Gasteiger charge is 2.19. The highest BCUT2D eigenvalue weighted by molar-refractivity contribution is 9.10. The Labute approximate surface area is 122 Å². The summed E-state index contributed by atoms with van der Waals surface area (Å²) in [5.41, 5.74) is 0.673. The number of nitrogens with one attached hydrogen (secondary N) is 1. The van der Waals surface area contributed by atoms with Crippen LogP contribution in [0.25, 0.3) is 0 Å². The Morgan fingerprint density at radius 2 is 2.00 bits per heavy atom. The first-order chi connectivity index (χ1) is 9.06. The lowest BCUT2D eigenvalue weighted by Crippen LogP contribution is -2.46. The summed E-state index contributed by atoms with van der Waals surface area (Å²) >= 11 is 3.43. The Balaban J connectivity index is 2.18. The summed E-state index contributed by atoms with van der Waals surface area (Å²) in [4.78, 5) is 14.3. The minimum Gasteiger partial charge on any atom is -0.491 e. The van der Waals surface area contributed by atoms with Gasteiger partial charge in [-0.05, 0) is 32.0 Å². The van der Waals surface area contributed by atoms with Crippen molar-refractivity contribution in [1.29, 1.82) is 0 Å². The number of carbonyl (C=O) groups is 1. The maximum atomic E-state index is 12.4. The van der Waals surface area contributed by atoms with E-state index in [0.717, 1.165) is 36.4 Å². The first kappa shape index (κ1) is 14.3. The van der Waals surface area contributed by atoms with Gasteiger partial charge < -0.3 is 15.0 Å². The SMILES string of the molecule is CC(C)Oc1cc(Br)cc(C(=O)N2CCNCC2)c1. The number of hydrogen-bond acceptors (Lipinski definition) is 3. The molecule has 0 saturated carbocycles. The maximum Gasteiger partial charge on any atom is 0.254 e. The van der Waals surface area contributed by atoms with Crippen LogP contribution in [0.15, 0.2) is 22.7 Å². The second kappa shape index (κ2) is 6.39. The topological polar surface area (TPSA) is 41.6 Å². The van der Waals surface area contributed by atoms with E-state index >= 15 is 0 Å². The fraction of sp³-hybridized carbons (Fsp3) is 0.500. The van der Waals surface area contributed by atoms with Crippen molar-refractivity contribution in [2.75, 3.05) is 26.2 Å². The summed E-state index contributed by atoms with van der Waals surface area (Å²) in [5.74, 6) is 0.791. The first-order valence-corrected chi connectivity index (χ1v) is 7.33. The Kier molecular flexibility index (Phi) is 4.82. The van der Waals surface area contributed by atoms with E-state index in [1.807, 2.05) is 36.9 Å². The maximum absolute atomic E-state index is 12.4. The standard InChI is InChI=1S/C14H19BrN2O2/c1-10(2)19-13-8-11(7-12(15)9-13)14(18)17-5-3-16-4-6-17/h7-10,16H,3-6H2,1-2H3. The lowest BCUT2D eigenvalue weighted by Gasteiger charge is -2.27. The summed E-state index contributed by atoms with van der Waals surface area (Å²) in [6.07, 6.45) is 0.0939. The minimum atomic E-state index is 0.0661. The van der Waals surface area contributed by atoms with Crippen LogP contribution in [0.1, 0.15) is 24.2 Å². The smallest absolute Gasteiger partial charge is 0.254 e. The van der Waals surface area contributed by atoms with Gasteiger partial charge in [-0.1, -0.05) is 15.9 Å². The van der Waals surface area contributed by atoms with Crippen molar-refractivity contribution < 1.29 is 9.53 Å². The van der Waals surface area contributed by atoms with E-state index in [1.54, 1.807) is 0 Å². The van der Waals surface area contributed by atoms with Crippen molar-refractivity contribution in [1.82, 2.24) is 10.2 Å². The van der Waals surface area contributed by atoms with E-state index < -0.39 is 0 Å². The zero-order chi connectivity index (χ0) is 13.8. The molecule has 19 heavy (non-hydrogen) atoms. The third-order valence-corrected chi connectivity index (χ3v) is 3.35. The van der Waals surface area contributed by atoms with Crippen LogP contribution in [0.3, 0.4) is 0 Å². The largest absolute Gasteiger partial charge is 0.491 e. The second-order valence-electron chi connectivity index (χ2n) is 4.88. The van der Waals surface area contributed by atoms with Crippen molar-refractivity contribution in [2.45, 2.75) is 20.0 Å². The molecule has 0 atom stereocenters. The quantitative estimate of drug-likeness (QED) is 0.926. The average Bonchev–Trinajstić information content (AvgIpc) is 2.37. The molecule has 0 aromatic heterocycles. The molecule has 1 aliphatic heterocycles. The predicted molar refractivity (Wildman–Crippen MR) is 78.7 cm³/mol. The van der Waals surface area contributed by atoms with Crippen LogP contribution >= 0.6 is 15.9 Å². The van der Waals surface area contributed by atoms with E-state index in [-0.39, 0.29) is 12.0 Å². The van der Waals surface area contributed by atoms with Crippen LogP contribution in [0.4, 0.5) is 0 Å². The van der Waals surface area contributed by atoms with Gasteiger partial charge in [0.25, 0.3) is 5.91 Å². The Morgan fingerprint density at radius 1 is 1.32 bits per heavy atom. The van der Waals surface area contributed by atoms with Gasteiger partial charge in [-0.2, -0.15) is 0 Å². The number of amides is 1. The van der Waals surface area contributed by atoms with Gasteiger partial charge in [0, 0.05) is 36.2 Å². The molecule has 1 saturated heterocycles. The van der Waals surface area contributed by atoms with Crippen molar-refractivity contribution in [3.8, 4) is 5.75 Å². The van der Waals surface area contributed by atoms with Gasteiger partial charge in [0.05, 0.1) is 6.10 Å². The number of ether oxygens (including phenoxy) is 1. The lowest BCUT2D eigenvalue weighted by molar-refractivity contribution is 0.0735. The first-order valence-electron chi connectivity index (χ1n) is 6.53. The van der Waals surface area contributed by atoms with Crippen LogP contribution < -0.4 is 10.1 Å². The number of rotatable bonds is 3. The third-order valence-electron chi connectivity index (χ3n) is 2.89. The molecule has 1 fully saturated rings. The van der Waals surface area contributed by atoms with Crippen LogP contribution in [-0.2, 0) is 0 Å². The molecule has 0 radical (unpaired) electrons. The molecule has 104 valence electrons. The summed E-state index contributed by atoms with van der Waals surface area (Å²) in [6, 6.07) is 5.54. The predicted octanol–water partition coefficient (Wildman–Crippen LogP) is 2.28. The summed E-state index contributed by atoms with van der Waals surface area (Å²) < 4.78 is 6.53. The van der Waals surface area contributed by atoms with Gasteiger partial charge >= 0.3 is 0 Å². The van der Waals surface area contributed by atoms with Gasteiger partial charge in [0.2, 0.25) is 0 Å². The average molecular weight is 327 g/mol. The van der Waals surface area contributed by atoms with Crippen molar-refractivity contribution >= 4 is 21.8 Å². The minimum absolute atomic E-state index is 0.0661. The molecule has 1 aromatic carbocycles. The van der Waals surface area contributed by atoms with Crippen LogP contribution in [0.2, 0.25) is 0 Å². The van der Waals surface area contributed by atoms with Gasteiger partial charge in [-0.3, -0.25) is 4.79 Å². The Hall–Kier alpha value is -1.07. The van der Waals surface area contributed by atoms with Gasteiger partial charge in [0.15, 0.2) is 0 Å². The molecule has 4 nitrogen and oxygen atoms in total. The third kappa shape index (κ3) is 3.94. The fourth-order valence-corrected chi connectivity index (χ4v) is 2.55. The highest BCUT2D eigenvalue weighted by Crippen LogP contribution is 2.23. The van der Waals surface area contributed by atoms with Crippen LogP contribution in [0, 0.1) is 0 Å². The number of piperazine rings is 1. The van der Waals surface area contributed by atoms with E-state index in [4.69, 9.17) is 4.74 Å². The summed E-state index contributed by atoms with van der Waals surface area (Å²) in [5, 5.41) is 3.24. The van der Waals surface area contributed by atoms with E-state index in [2.05, 4.69) is 21.2 Å². The Morgan fingerprint density at radius 3 is 2.63 bits per heavy atom. The van der Waals surface area contributed by atoms with Gasteiger partial charge in [-0.25, -0.2) is 0 Å². The second-order valence-corrected chi connectivity index (χ2v) is 5.80. The normalized spacial score (nSPS) is 15.7. The number of benzene rings is 1. The van der Waals surface area contributed by atoms with Crippen molar-refractivity contribution in [3.05, 3.63) is 28.2 Å². The summed E-state index contributed by atoms with van der Waals surface area (Å²) in [6.45, 7) is 7.17. The number of carbonyl (C=O) groups excluding carboxylic acids is 1. The van der Waals surface area contributed by atoms with E-state index in [9.17, 15) is 4.79 Å². The van der Waals surface area contributed by atoms with Crippen LogP contribution in [-0.4, -0.2) is 43.1 Å². The van der Waals surface area contributed by atoms with Crippen molar-refractivity contribution in [2.24, 2.45) is 0 Å². The molecule has 0 unspecified atom stereocenters. The highest BCUT2D eigenvalue weighted by atomic mass is 79.9.